The van der Waals surface area contributed by atoms with E-state index in [2.05, 4.69) is 21.2 Å². The van der Waals surface area contributed by atoms with Crippen LogP contribution >= 0.6 is 45.8 Å². The van der Waals surface area contributed by atoms with Gasteiger partial charge < -0.3 is 29.6 Å². The molecule has 1 heterocycles. The van der Waals surface area contributed by atoms with Crippen molar-refractivity contribution in [1.82, 2.24) is 10.7 Å². The summed E-state index contributed by atoms with van der Waals surface area (Å²) in [6.07, 6.45) is 1.34. The molecule has 3 amide bonds. The molecular weight excluding hydrogens is 678 g/mol. The summed E-state index contributed by atoms with van der Waals surface area (Å²) in [7, 11) is 1.45. The van der Waals surface area contributed by atoms with Crippen LogP contribution in [0.15, 0.2) is 53.6 Å². The number of amides is 3. The number of methoxy groups -OCH3 is 1. The van der Waals surface area contributed by atoms with Crippen molar-refractivity contribution in [3.8, 4) is 23.0 Å². The highest BCUT2D eigenvalue weighted by Gasteiger charge is 2.17. The smallest absolute Gasteiger partial charge is 0.329 e. The van der Waals surface area contributed by atoms with Crippen molar-refractivity contribution in [1.29, 1.82) is 0 Å². The molecule has 14 heteroatoms. The van der Waals surface area contributed by atoms with Crippen LogP contribution in [0.2, 0.25) is 10.0 Å². The van der Waals surface area contributed by atoms with Crippen LogP contribution in [0.4, 0.5) is 5.69 Å². The van der Waals surface area contributed by atoms with Gasteiger partial charge in [0.05, 0.1) is 26.9 Å². The molecule has 3 aromatic rings. The number of carbonyl (C=O) groups is 3. The third kappa shape index (κ3) is 7.67. The summed E-state index contributed by atoms with van der Waals surface area (Å²) in [5, 5.41) is 9.71. The van der Waals surface area contributed by atoms with Crippen molar-refractivity contribution in [2.24, 2.45) is 5.10 Å². The predicted molar refractivity (Wildman–Crippen MR) is 156 cm³/mol. The van der Waals surface area contributed by atoms with Gasteiger partial charge >= 0.3 is 11.8 Å². The van der Waals surface area contributed by atoms with Gasteiger partial charge in [0.2, 0.25) is 6.79 Å². The third-order valence-electron chi connectivity index (χ3n) is 5.28. The predicted octanol–water partition coefficient (Wildman–Crippen LogP) is 4.12. The summed E-state index contributed by atoms with van der Waals surface area (Å²) in [5.41, 5.74) is 3.94. The number of fused-ring (bicyclic) bond motifs is 1. The molecule has 0 unspecified atom stereocenters. The Morgan fingerprint density at radius 1 is 1.02 bits per heavy atom. The molecule has 208 valence electrons. The molecule has 4 rings (SSSR count). The number of nitrogens with one attached hydrogen (secondary N) is 3. The Bertz CT molecular complexity index is 1490. The van der Waals surface area contributed by atoms with Crippen LogP contribution in [0.3, 0.4) is 0 Å². The topological polar surface area (TPSA) is 137 Å². The van der Waals surface area contributed by atoms with Gasteiger partial charge in [0.25, 0.3) is 5.91 Å². The fourth-order valence-electron chi connectivity index (χ4n) is 3.39. The Morgan fingerprint density at radius 3 is 2.60 bits per heavy atom. The second-order valence-electron chi connectivity index (χ2n) is 8.07. The lowest BCUT2D eigenvalue weighted by molar-refractivity contribution is -0.139. The zero-order valence-corrected chi connectivity index (χ0v) is 24.4. The molecule has 0 aromatic heterocycles. The van der Waals surface area contributed by atoms with E-state index in [1.807, 2.05) is 22.6 Å². The average molecular weight is 699 g/mol. The van der Waals surface area contributed by atoms with Crippen molar-refractivity contribution < 1.29 is 33.3 Å². The molecular formula is C26H21Cl2IN4O7. The van der Waals surface area contributed by atoms with E-state index in [0.717, 1.165) is 5.56 Å². The number of halogens is 3. The van der Waals surface area contributed by atoms with Crippen molar-refractivity contribution >= 4 is 75.4 Å². The number of hydrogen-bond acceptors (Lipinski definition) is 8. The van der Waals surface area contributed by atoms with Gasteiger partial charge in [-0.2, -0.15) is 5.10 Å². The first-order valence-corrected chi connectivity index (χ1v) is 13.3. The van der Waals surface area contributed by atoms with E-state index in [1.54, 1.807) is 42.5 Å². The van der Waals surface area contributed by atoms with Crippen LogP contribution in [-0.4, -0.2) is 44.4 Å². The molecule has 0 saturated carbocycles. The van der Waals surface area contributed by atoms with E-state index in [9.17, 15) is 14.4 Å². The third-order valence-corrected chi connectivity index (χ3v) is 6.82. The molecule has 3 N–H and O–H groups in total. The van der Waals surface area contributed by atoms with E-state index in [4.69, 9.17) is 42.1 Å². The fourth-order valence-corrected chi connectivity index (χ4v) is 4.47. The molecule has 0 bridgehead atoms. The molecule has 0 atom stereocenters. The highest BCUT2D eigenvalue weighted by Crippen LogP contribution is 2.34. The van der Waals surface area contributed by atoms with Gasteiger partial charge in [0.15, 0.2) is 29.6 Å². The van der Waals surface area contributed by atoms with E-state index < -0.39 is 17.7 Å². The van der Waals surface area contributed by atoms with Crippen LogP contribution in [0.5, 0.6) is 23.0 Å². The summed E-state index contributed by atoms with van der Waals surface area (Å²) in [4.78, 5) is 36.6. The van der Waals surface area contributed by atoms with Crippen molar-refractivity contribution in [3.63, 3.8) is 0 Å². The van der Waals surface area contributed by atoms with Gasteiger partial charge in [-0.05, 0) is 76.2 Å². The zero-order valence-electron chi connectivity index (χ0n) is 20.8. The van der Waals surface area contributed by atoms with Crippen LogP contribution in [0.1, 0.15) is 11.1 Å². The number of ether oxygens (including phenoxy) is 4. The van der Waals surface area contributed by atoms with Crippen LogP contribution in [-0.2, 0) is 20.9 Å². The number of hydrazone groups is 1. The first-order valence-electron chi connectivity index (χ1n) is 11.5. The Labute approximate surface area is 252 Å². The maximum atomic E-state index is 12.3. The minimum absolute atomic E-state index is 0.120. The summed E-state index contributed by atoms with van der Waals surface area (Å²) >= 11 is 13.9. The largest absolute Gasteiger partial charge is 0.493 e. The Kier molecular flexibility index (Phi) is 9.90. The normalized spacial score (nSPS) is 11.7. The molecule has 0 aliphatic carbocycles. The lowest BCUT2D eigenvalue weighted by Crippen LogP contribution is -2.37. The molecule has 40 heavy (non-hydrogen) atoms. The first-order chi connectivity index (χ1) is 19.2. The monoisotopic (exact) mass is 698 g/mol. The molecule has 1 aliphatic rings. The molecule has 0 fully saturated rings. The quantitative estimate of drug-likeness (QED) is 0.132. The number of anilines is 1. The van der Waals surface area contributed by atoms with E-state index in [-0.39, 0.29) is 19.9 Å². The summed E-state index contributed by atoms with van der Waals surface area (Å²) in [5.74, 6) is -0.329. The molecule has 0 spiro atoms. The highest BCUT2D eigenvalue weighted by atomic mass is 127. The Morgan fingerprint density at radius 2 is 1.82 bits per heavy atom. The molecule has 1 aliphatic heterocycles. The highest BCUT2D eigenvalue weighted by molar-refractivity contribution is 14.1. The van der Waals surface area contributed by atoms with Crippen LogP contribution < -0.4 is 35.0 Å². The zero-order chi connectivity index (χ0) is 28.6. The van der Waals surface area contributed by atoms with Crippen LogP contribution in [0.25, 0.3) is 0 Å². The van der Waals surface area contributed by atoms with Crippen molar-refractivity contribution in [2.45, 2.75) is 6.54 Å². The number of carbonyl (C=O) groups excluding carboxylic acids is 3. The maximum absolute atomic E-state index is 12.3. The Balaban J connectivity index is 1.28. The summed E-state index contributed by atoms with van der Waals surface area (Å²) in [6.45, 7) is -0.0308. The fraction of sp³-hybridized carbons (Fsp3) is 0.154. The number of nitrogens with zero attached hydrogens (tertiary/aromatic N) is 1. The van der Waals surface area contributed by atoms with Gasteiger partial charge in [-0.15, -0.1) is 0 Å². The van der Waals surface area contributed by atoms with Crippen molar-refractivity contribution in [3.05, 3.63) is 73.3 Å². The second kappa shape index (κ2) is 13.5. The van der Waals surface area contributed by atoms with Gasteiger partial charge in [-0.3, -0.25) is 14.4 Å². The van der Waals surface area contributed by atoms with Gasteiger partial charge in [-0.25, -0.2) is 5.43 Å². The lowest BCUT2D eigenvalue weighted by Gasteiger charge is -2.13. The van der Waals surface area contributed by atoms with Crippen LogP contribution in [0, 0.1) is 3.57 Å². The lowest BCUT2D eigenvalue weighted by atomic mass is 10.2. The molecule has 0 radical (unpaired) electrons. The average Bonchev–Trinajstić information content (AvgIpc) is 3.41. The minimum atomic E-state index is -0.938. The van der Waals surface area contributed by atoms with E-state index in [1.165, 1.54) is 19.4 Å². The summed E-state index contributed by atoms with van der Waals surface area (Å²) < 4.78 is 22.2. The maximum Gasteiger partial charge on any atom is 0.329 e. The first kappa shape index (κ1) is 29.2. The van der Waals surface area contributed by atoms with Gasteiger partial charge in [0.1, 0.15) is 0 Å². The van der Waals surface area contributed by atoms with E-state index >= 15 is 0 Å². The number of benzene rings is 3. The van der Waals surface area contributed by atoms with Crippen molar-refractivity contribution in [2.75, 3.05) is 25.8 Å². The van der Waals surface area contributed by atoms with Gasteiger partial charge in [0, 0.05) is 12.2 Å². The molecule has 0 saturated heterocycles. The summed E-state index contributed by atoms with van der Waals surface area (Å²) in [6, 6.07) is 13.2. The Hall–Kier alpha value is -3.75. The standard InChI is InChI=1S/C26H21Cl2IN4O7/c1-37-22-8-15(6-19(29)24(22)38-12-23(34)32-16-3-4-17(27)18(28)9-16)11-31-33-26(36)25(35)30-10-14-2-5-20-21(7-14)40-13-39-20/h2-9,11H,10,12-13H2,1H3,(H,30,35)(H,32,34)(H,33,36)/b31-11-. The van der Waals surface area contributed by atoms with E-state index in [0.29, 0.717) is 47.9 Å². The minimum Gasteiger partial charge on any atom is -0.493 e. The molecule has 3 aromatic carbocycles. The second-order valence-corrected chi connectivity index (χ2v) is 10.0. The molecule has 11 nitrogen and oxygen atoms in total. The van der Waals surface area contributed by atoms with Gasteiger partial charge in [-0.1, -0.05) is 29.3 Å². The number of rotatable bonds is 9. The SMILES string of the molecule is COc1cc(/C=N\NC(=O)C(=O)NCc2ccc3c(c2)OCO3)cc(I)c1OCC(=O)Nc1ccc(Cl)c(Cl)c1. The number of hydrogen-bond donors (Lipinski definition) is 3.